The number of nitrogens with one attached hydrogen (secondary N) is 1. The first-order valence-electron chi connectivity index (χ1n) is 6.60. The van der Waals surface area contributed by atoms with E-state index in [2.05, 4.69) is 37.6 Å². The molecular weight excluding hydrogens is 350 g/mol. The molecule has 0 radical (unpaired) electrons. The summed E-state index contributed by atoms with van der Waals surface area (Å²) in [5.74, 6) is -0.0212. The van der Waals surface area contributed by atoms with Crippen LogP contribution < -0.4 is 11.1 Å². The van der Waals surface area contributed by atoms with Gasteiger partial charge in [-0.25, -0.2) is 0 Å². The Bertz CT molecular complexity index is 614. The van der Waals surface area contributed by atoms with Crippen molar-refractivity contribution >= 4 is 44.5 Å². The van der Waals surface area contributed by atoms with Crippen LogP contribution in [0.4, 0.5) is 11.4 Å². The van der Waals surface area contributed by atoms with Gasteiger partial charge in [-0.2, -0.15) is 0 Å². The summed E-state index contributed by atoms with van der Waals surface area (Å²) >= 11 is 5.16. The lowest BCUT2D eigenvalue weighted by atomic mass is 10.2. The molecule has 6 heteroatoms. The van der Waals surface area contributed by atoms with Crippen molar-refractivity contribution in [2.24, 2.45) is 0 Å². The van der Waals surface area contributed by atoms with E-state index in [9.17, 15) is 4.79 Å². The van der Waals surface area contributed by atoms with Crippen molar-refractivity contribution in [1.29, 1.82) is 0 Å². The van der Waals surface area contributed by atoms with Crippen LogP contribution in [0, 0.1) is 0 Å². The van der Waals surface area contributed by atoms with Crippen molar-refractivity contribution in [3.8, 4) is 0 Å². The minimum atomic E-state index is -0.0212. The Labute approximate surface area is 137 Å². The molecule has 0 unspecified atom stereocenters. The van der Waals surface area contributed by atoms with Gasteiger partial charge in [-0.1, -0.05) is 12.1 Å². The molecule has 1 heterocycles. The van der Waals surface area contributed by atoms with Gasteiger partial charge in [-0.3, -0.25) is 4.79 Å². The fraction of sp³-hybridized carbons (Fsp3) is 0.267. The maximum absolute atomic E-state index is 11.9. The van der Waals surface area contributed by atoms with E-state index in [1.54, 1.807) is 23.5 Å². The number of nitrogen functional groups attached to an aromatic ring is 1. The Balaban J connectivity index is 1.77. The van der Waals surface area contributed by atoms with Crippen LogP contribution in [0.5, 0.6) is 0 Å². The second-order valence-electron chi connectivity index (χ2n) is 4.85. The van der Waals surface area contributed by atoms with Gasteiger partial charge in [0.05, 0.1) is 11.4 Å². The summed E-state index contributed by atoms with van der Waals surface area (Å²) in [5, 5.41) is 4.90. The largest absolute Gasteiger partial charge is 0.397 e. The number of carbonyl (C=O) groups is 1. The second kappa shape index (κ2) is 7.59. The predicted molar refractivity (Wildman–Crippen MR) is 92.5 cm³/mol. The number of carbonyl (C=O) groups excluding carboxylic acids is 1. The summed E-state index contributed by atoms with van der Waals surface area (Å²) in [6.45, 7) is 1.55. The molecule has 0 spiro atoms. The van der Waals surface area contributed by atoms with Gasteiger partial charge in [-0.05, 0) is 41.2 Å². The fourth-order valence-electron chi connectivity index (χ4n) is 1.90. The van der Waals surface area contributed by atoms with Gasteiger partial charge >= 0.3 is 0 Å². The van der Waals surface area contributed by atoms with E-state index in [0.29, 0.717) is 24.3 Å². The molecule has 1 aromatic heterocycles. The van der Waals surface area contributed by atoms with E-state index < -0.39 is 0 Å². The molecule has 0 fully saturated rings. The van der Waals surface area contributed by atoms with Crippen LogP contribution in [0.3, 0.4) is 0 Å². The van der Waals surface area contributed by atoms with Crippen molar-refractivity contribution in [2.45, 2.75) is 13.0 Å². The third-order valence-electron chi connectivity index (χ3n) is 3.00. The lowest BCUT2D eigenvalue weighted by molar-refractivity contribution is -0.116. The lowest BCUT2D eigenvalue weighted by Crippen LogP contribution is -2.23. The maximum atomic E-state index is 11.9. The summed E-state index contributed by atoms with van der Waals surface area (Å²) in [6, 6.07) is 9.38. The molecule has 0 aliphatic heterocycles. The number of para-hydroxylation sites is 2. The molecule has 0 aliphatic rings. The number of anilines is 2. The maximum Gasteiger partial charge on any atom is 0.225 e. The summed E-state index contributed by atoms with van der Waals surface area (Å²) in [7, 11) is 2.01. The van der Waals surface area contributed by atoms with Crippen LogP contribution in [0.1, 0.15) is 11.3 Å². The highest BCUT2D eigenvalue weighted by molar-refractivity contribution is 9.10. The van der Waals surface area contributed by atoms with Crippen molar-refractivity contribution in [1.82, 2.24) is 4.90 Å². The number of benzene rings is 1. The molecule has 1 amide bonds. The monoisotopic (exact) mass is 367 g/mol. The van der Waals surface area contributed by atoms with E-state index in [-0.39, 0.29) is 5.91 Å². The van der Waals surface area contributed by atoms with E-state index in [0.717, 1.165) is 11.0 Å². The van der Waals surface area contributed by atoms with E-state index >= 15 is 0 Å². The topological polar surface area (TPSA) is 58.4 Å². The highest BCUT2D eigenvalue weighted by Crippen LogP contribution is 2.21. The van der Waals surface area contributed by atoms with Gasteiger partial charge < -0.3 is 16.0 Å². The second-order valence-corrected chi connectivity index (χ2v) is 6.77. The summed E-state index contributed by atoms with van der Waals surface area (Å²) < 4.78 is 1.10. The quantitative estimate of drug-likeness (QED) is 0.767. The molecule has 21 heavy (non-hydrogen) atoms. The number of nitrogens with two attached hydrogens (primary N) is 1. The van der Waals surface area contributed by atoms with Crippen LogP contribution in [0.15, 0.2) is 40.2 Å². The number of nitrogens with zero attached hydrogens (tertiary/aromatic N) is 1. The Hall–Kier alpha value is -1.37. The molecule has 0 saturated carbocycles. The standard InChI is InChI=1S/C15H18BrN3OS/c1-19(9-12-8-11(16)10-21-12)7-6-15(20)18-14-5-3-2-4-13(14)17/h2-5,8,10H,6-7,9,17H2,1H3,(H,18,20). The van der Waals surface area contributed by atoms with E-state index in [1.165, 1.54) is 4.88 Å². The predicted octanol–water partition coefficient (Wildman–Crippen LogP) is 3.55. The zero-order valence-electron chi connectivity index (χ0n) is 11.8. The van der Waals surface area contributed by atoms with Crippen LogP contribution in [-0.2, 0) is 11.3 Å². The molecule has 0 atom stereocenters. The Morgan fingerprint density at radius 3 is 2.86 bits per heavy atom. The molecule has 4 nitrogen and oxygen atoms in total. The molecule has 0 bridgehead atoms. The fourth-order valence-corrected chi connectivity index (χ4v) is 3.43. The Morgan fingerprint density at radius 2 is 2.19 bits per heavy atom. The third-order valence-corrected chi connectivity index (χ3v) is 4.69. The lowest BCUT2D eigenvalue weighted by Gasteiger charge is -2.15. The van der Waals surface area contributed by atoms with Crippen molar-refractivity contribution in [3.63, 3.8) is 0 Å². The van der Waals surface area contributed by atoms with Gasteiger partial charge in [0.25, 0.3) is 0 Å². The average Bonchev–Trinajstić information content (AvgIpc) is 2.84. The number of thiophene rings is 1. The van der Waals surface area contributed by atoms with E-state index in [4.69, 9.17) is 5.73 Å². The van der Waals surface area contributed by atoms with Crippen LogP contribution >= 0.6 is 27.3 Å². The Kier molecular flexibility index (Phi) is 5.78. The normalized spacial score (nSPS) is 10.8. The molecule has 0 saturated heterocycles. The molecule has 3 N–H and O–H groups in total. The number of amides is 1. The first-order chi connectivity index (χ1) is 10.0. The van der Waals surface area contributed by atoms with Gasteiger partial charge in [0.1, 0.15) is 0 Å². The number of halogens is 1. The third kappa shape index (κ3) is 5.15. The molecule has 2 rings (SSSR count). The summed E-state index contributed by atoms with van der Waals surface area (Å²) in [5.41, 5.74) is 7.06. The number of hydrogen-bond acceptors (Lipinski definition) is 4. The summed E-state index contributed by atoms with van der Waals surface area (Å²) in [6.07, 6.45) is 0.442. The molecule has 2 aromatic rings. The first kappa shape index (κ1) is 16.0. The van der Waals surface area contributed by atoms with E-state index in [1.807, 2.05) is 19.2 Å². The number of rotatable bonds is 6. The van der Waals surface area contributed by atoms with Crippen LogP contribution in [0.2, 0.25) is 0 Å². The zero-order chi connectivity index (χ0) is 15.2. The number of hydrogen-bond donors (Lipinski definition) is 2. The van der Waals surface area contributed by atoms with Crippen molar-refractivity contribution < 1.29 is 4.79 Å². The van der Waals surface area contributed by atoms with Gasteiger partial charge in [-0.15, -0.1) is 11.3 Å². The highest BCUT2D eigenvalue weighted by Gasteiger charge is 2.08. The van der Waals surface area contributed by atoms with Crippen LogP contribution in [-0.4, -0.2) is 24.4 Å². The smallest absolute Gasteiger partial charge is 0.225 e. The molecule has 1 aromatic carbocycles. The van der Waals surface area contributed by atoms with Gasteiger partial charge in [0, 0.05) is 34.2 Å². The highest BCUT2D eigenvalue weighted by atomic mass is 79.9. The van der Waals surface area contributed by atoms with Gasteiger partial charge in [0.15, 0.2) is 0 Å². The SMILES string of the molecule is CN(CCC(=O)Nc1ccccc1N)Cc1cc(Br)cs1. The molecular formula is C15H18BrN3OS. The molecule has 112 valence electrons. The first-order valence-corrected chi connectivity index (χ1v) is 8.27. The minimum Gasteiger partial charge on any atom is -0.397 e. The van der Waals surface area contributed by atoms with Crippen molar-refractivity contribution in [3.05, 3.63) is 45.1 Å². The zero-order valence-corrected chi connectivity index (χ0v) is 14.2. The average molecular weight is 368 g/mol. The van der Waals surface area contributed by atoms with Crippen LogP contribution in [0.25, 0.3) is 0 Å². The molecule has 0 aliphatic carbocycles. The Morgan fingerprint density at radius 1 is 1.43 bits per heavy atom. The van der Waals surface area contributed by atoms with Gasteiger partial charge in [0.2, 0.25) is 5.91 Å². The summed E-state index contributed by atoms with van der Waals surface area (Å²) in [4.78, 5) is 15.3. The van der Waals surface area contributed by atoms with Crippen molar-refractivity contribution in [2.75, 3.05) is 24.6 Å². The minimum absolute atomic E-state index is 0.0212.